The van der Waals surface area contributed by atoms with Crippen molar-refractivity contribution in [3.05, 3.63) is 24.0 Å². The first-order valence-electron chi connectivity index (χ1n) is 2.59. The number of nitrogen functional groups attached to an aromatic ring is 1. The Bertz CT molecular complexity index is 200. The third-order valence-electron chi connectivity index (χ3n) is 1.09. The molecule has 0 unspecified atom stereocenters. The molecule has 0 spiro atoms. The minimum Gasteiger partial charge on any atom is -0.397 e. The Labute approximate surface area is 62.2 Å². The fourth-order valence-electron chi connectivity index (χ4n) is 0.557. The molecule has 0 aliphatic heterocycles. The van der Waals surface area contributed by atoms with Gasteiger partial charge in [0.05, 0.1) is 11.9 Å². The number of halogens is 1. The molecule has 0 aliphatic carbocycles. The molecule has 3 heteroatoms. The minimum atomic E-state index is 0.745. The van der Waals surface area contributed by atoms with Crippen molar-refractivity contribution in [1.82, 2.24) is 4.98 Å². The lowest BCUT2D eigenvalue weighted by atomic mass is 10.3. The van der Waals surface area contributed by atoms with Crippen molar-refractivity contribution < 1.29 is 0 Å². The average molecular weight is 187 g/mol. The van der Waals surface area contributed by atoms with E-state index >= 15 is 0 Å². The summed E-state index contributed by atoms with van der Waals surface area (Å²) in [6.07, 6.45) is 3.38. The first-order chi connectivity index (χ1) is 4.34. The summed E-state index contributed by atoms with van der Waals surface area (Å²) < 4.78 is 0. The highest BCUT2D eigenvalue weighted by Gasteiger charge is 1.92. The predicted octanol–water partition coefficient (Wildman–Crippen LogP) is 1.56. The van der Waals surface area contributed by atoms with Gasteiger partial charge in [0.15, 0.2) is 0 Å². The third kappa shape index (κ3) is 1.42. The molecule has 2 nitrogen and oxygen atoms in total. The molecule has 48 valence electrons. The smallest absolute Gasteiger partial charge is 0.0541 e. The maximum Gasteiger partial charge on any atom is 0.0541 e. The van der Waals surface area contributed by atoms with E-state index in [-0.39, 0.29) is 0 Å². The molecule has 0 atom stereocenters. The van der Waals surface area contributed by atoms with Crippen molar-refractivity contribution in [3.8, 4) is 0 Å². The molecule has 1 aromatic heterocycles. The zero-order valence-corrected chi connectivity index (χ0v) is 6.43. The first kappa shape index (κ1) is 6.55. The van der Waals surface area contributed by atoms with Crippen LogP contribution in [0.15, 0.2) is 18.5 Å². The number of alkyl halides is 1. The number of aromatic nitrogens is 1. The topological polar surface area (TPSA) is 38.9 Å². The Morgan fingerprint density at radius 3 is 2.89 bits per heavy atom. The molecule has 1 heterocycles. The molecule has 0 aliphatic rings. The van der Waals surface area contributed by atoms with Gasteiger partial charge < -0.3 is 5.73 Å². The molecule has 9 heavy (non-hydrogen) atoms. The van der Waals surface area contributed by atoms with Gasteiger partial charge in [-0.3, -0.25) is 4.98 Å². The van der Waals surface area contributed by atoms with Gasteiger partial charge in [0.2, 0.25) is 0 Å². The lowest BCUT2D eigenvalue weighted by molar-refractivity contribution is 1.28. The summed E-state index contributed by atoms with van der Waals surface area (Å²) in [5.74, 6) is 0. The first-order valence-corrected chi connectivity index (χ1v) is 3.71. The predicted molar refractivity (Wildman–Crippen MR) is 41.3 cm³/mol. The number of rotatable bonds is 1. The van der Waals surface area contributed by atoms with Crippen molar-refractivity contribution >= 4 is 21.6 Å². The molecule has 2 N–H and O–H groups in total. The SMILES string of the molecule is Nc1cnccc1CBr. The largest absolute Gasteiger partial charge is 0.397 e. The van der Waals surface area contributed by atoms with Gasteiger partial charge in [-0.15, -0.1) is 0 Å². The van der Waals surface area contributed by atoms with Gasteiger partial charge in [-0.25, -0.2) is 0 Å². The van der Waals surface area contributed by atoms with Crippen molar-refractivity contribution in [2.75, 3.05) is 5.73 Å². The fraction of sp³-hybridized carbons (Fsp3) is 0.167. The maximum atomic E-state index is 5.54. The third-order valence-corrected chi connectivity index (χ3v) is 1.69. The monoisotopic (exact) mass is 186 g/mol. The van der Waals surface area contributed by atoms with Crippen molar-refractivity contribution in [1.29, 1.82) is 0 Å². The van der Waals surface area contributed by atoms with Gasteiger partial charge in [0.1, 0.15) is 0 Å². The summed E-state index contributed by atoms with van der Waals surface area (Å²) >= 11 is 3.30. The second kappa shape index (κ2) is 2.82. The van der Waals surface area contributed by atoms with Gasteiger partial charge in [-0.05, 0) is 11.6 Å². The van der Waals surface area contributed by atoms with E-state index in [2.05, 4.69) is 20.9 Å². The zero-order valence-electron chi connectivity index (χ0n) is 4.84. The number of anilines is 1. The molecule has 1 rings (SSSR count). The van der Waals surface area contributed by atoms with Crippen molar-refractivity contribution in [2.45, 2.75) is 5.33 Å². The Morgan fingerprint density at radius 2 is 2.44 bits per heavy atom. The van der Waals surface area contributed by atoms with Gasteiger partial charge in [-0.2, -0.15) is 0 Å². The van der Waals surface area contributed by atoms with Crippen LogP contribution >= 0.6 is 15.9 Å². The summed E-state index contributed by atoms with van der Waals surface area (Å²) in [5, 5.41) is 0.793. The Hall–Kier alpha value is -0.570. The molecule has 1 aromatic rings. The summed E-state index contributed by atoms with van der Waals surface area (Å²) in [4.78, 5) is 3.85. The lowest BCUT2D eigenvalue weighted by Crippen LogP contribution is -1.91. The van der Waals surface area contributed by atoms with E-state index in [0.717, 1.165) is 16.6 Å². The average Bonchev–Trinajstić information content (AvgIpc) is 1.89. The Kier molecular flexibility index (Phi) is 2.05. The highest BCUT2D eigenvalue weighted by Crippen LogP contribution is 2.11. The van der Waals surface area contributed by atoms with Crippen LogP contribution in [0.5, 0.6) is 0 Å². The molecule has 0 saturated carbocycles. The number of nitrogens with zero attached hydrogens (tertiary/aromatic N) is 1. The zero-order chi connectivity index (χ0) is 6.69. The molecule has 0 saturated heterocycles. The number of hydrogen-bond acceptors (Lipinski definition) is 2. The van der Waals surface area contributed by atoms with Crippen LogP contribution in [0.4, 0.5) is 5.69 Å². The van der Waals surface area contributed by atoms with E-state index in [1.807, 2.05) is 6.07 Å². The van der Waals surface area contributed by atoms with E-state index in [9.17, 15) is 0 Å². The second-order valence-electron chi connectivity index (χ2n) is 1.71. The van der Waals surface area contributed by atoms with Gasteiger partial charge in [0.25, 0.3) is 0 Å². The highest BCUT2D eigenvalue weighted by atomic mass is 79.9. The highest BCUT2D eigenvalue weighted by molar-refractivity contribution is 9.08. The molecule has 0 radical (unpaired) electrons. The molecule has 0 bridgehead atoms. The molecule has 0 aromatic carbocycles. The van der Waals surface area contributed by atoms with Crippen LogP contribution in [-0.2, 0) is 5.33 Å². The van der Waals surface area contributed by atoms with E-state index in [1.54, 1.807) is 12.4 Å². The van der Waals surface area contributed by atoms with Crippen molar-refractivity contribution in [3.63, 3.8) is 0 Å². The summed E-state index contributed by atoms with van der Waals surface area (Å²) in [7, 11) is 0. The van der Waals surface area contributed by atoms with Gasteiger partial charge >= 0.3 is 0 Å². The maximum absolute atomic E-state index is 5.54. The van der Waals surface area contributed by atoms with Gasteiger partial charge in [-0.1, -0.05) is 15.9 Å². The lowest BCUT2D eigenvalue weighted by Gasteiger charge is -1.96. The van der Waals surface area contributed by atoms with Crippen LogP contribution in [0.2, 0.25) is 0 Å². The van der Waals surface area contributed by atoms with Crippen LogP contribution in [-0.4, -0.2) is 4.98 Å². The van der Waals surface area contributed by atoms with Crippen molar-refractivity contribution in [2.24, 2.45) is 0 Å². The molecule has 0 amide bonds. The Balaban J connectivity index is 3.01. The number of nitrogens with two attached hydrogens (primary N) is 1. The quantitative estimate of drug-likeness (QED) is 0.677. The Morgan fingerprint density at radius 1 is 1.67 bits per heavy atom. The normalized spacial score (nSPS) is 9.44. The molecule has 0 fully saturated rings. The van der Waals surface area contributed by atoms with Crippen LogP contribution < -0.4 is 5.73 Å². The summed E-state index contributed by atoms with van der Waals surface area (Å²) in [6, 6.07) is 1.89. The summed E-state index contributed by atoms with van der Waals surface area (Å²) in [6.45, 7) is 0. The number of pyridine rings is 1. The van der Waals surface area contributed by atoms with Crippen LogP contribution in [0.3, 0.4) is 0 Å². The standard InChI is InChI=1S/C6H7BrN2/c7-3-5-1-2-9-4-6(5)8/h1-2,4H,3,8H2. The van der Waals surface area contributed by atoms with Crippen LogP contribution in [0, 0.1) is 0 Å². The minimum absolute atomic E-state index is 0.745. The van der Waals surface area contributed by atoms with E-state index in [1.165, 1.54) is 0 Å². The van der Waals surface area contributed by atoms with E-state index in [0.29, 0.717) is 0 Å². The van der Waals surface area contributed by atoms with Crippen LogP contribution in [0.1, 0.15) is 5.56 Å². The molecular formula is C6H7BrN2. The van der Waals surface area contributed by atoms with E-state index in [4.69, 9.17) is 5.73 Å². The second-order valence-corrected chi connectivity index (χ2v) is 2.27. The fourth-order valence-corrected chi connectivity index (χ4v) is 1.07. The summed E-state index contributed by atoms with van der Waals surface area (Å²) in [5.41, 5.74) is 7.37. The number of hydrogen-bond donors (Lipinski definition) is 1. The van der Waals surface area contributed by atoms with Gasteiger partial charge in [0, 0.05) is 11.5 Å². The molecular weight excluding hydrogens is 180 g/mol. The van der Waals surface area contributed by atoms with E-state index < -0.39 is 0 Å². The van der Waals surface area contributed by atoms with Crippen LogP contribution in [0.25, 0.3) is 0 Å².